The number of rotatable bonds is 29. The van der Waals surface area contributed by atoms with E-state index in [1.165, 1.54) is 89.9 Å². The molecule has 3 atom stereocenters. The first kappa shape index (κ1) is 38.6. The molecule has 0 aromatic heterocycles. The molecule has 0 radical (unpaired) electrons. The van der Waals surface area contributed by atoms with Crippen LogP contribution in [0.4, 0.5) is 0 Å². The van der Waals surface area contributed by atoms with Gasteiger partial charge in [-0.1, -0.05) is 140 Å². The van der Waals surface area contributed by atoms with Crippen LogP contribution in [0.3, 0.4) is 0 Å². The van der Waals surface area contributed by atoms with Crippen molar-refractivity contribution in [2.75, 3.05) is 6.61 Å². The zero-order chi connectivity index (χ0) is 29.5. The van der Waals surface area contributed by atoms with Crippen molar-refractivity contribution in [2.24, 2.45) is 0 Å². The fourth-order valence-corrected chi connectivity index (χ4v) is 4.78. The molecule has 0 aromatic carbocycles. The van der Waals surface area contributed by atoms with Crippen LogP contribution in [0.2, 0.25) is 0 Å². The Hall–Kier alpha value is -1.43. The molecule has 0 saturated heterocycles. The van der Waals surface area contributed by atoms with E-state index in [1.807, 2.05) is 6.08 Å². The van der Waals surface area contributed by atoms with E-state index < -0.39 is 18.2 Å². The number of unbranched alkanes of at least 4 members (excludes halogenated alkanes) is 16. The summed E-state index contributed by atoms with van der Waals surface area (Å²) in [6.07, 6.45) is 35.5. The van der Waals surface area contributed by atoms with Gasteiger partial charge in [0.05, 0.1) is 31.3 Å². The minimum absolute atomic E-state index is 0.00351. The van der Waals surface area contributed by atoms with Gasteiger partial charge in [-0.25, -0.2) is 0 Å². The summed E-state index contributed by atoms with van der Waals surface area (Å²) in [7, 11) is 0. The van der Waals surface area contributed by atoms with Gasteiger partial charge in [-0.3, -0.25) is 4.79 Å². The molecule has 40 heavy (non-hydrogen) atoms. The Bertz CT molecular complexity index is 631. The summed E-state index contributed by atoms with van der Waals surface area (Å²) in [5.74, 6) is -0.333. The number of nitrogens with one attached hydrogen (secondary N) is 1. The van der Waals surface area contributed by atoms with E-state index in [-0.39, 0.29) is 18.9 Å². The Balaban J connectivity index is 3.87. The molecule has 0 heterocycles. The summed E-state index contributed by atoms with van der Waals surface area (Å²) >= 11 is 0. The Morgan fingerprint density at radius 2 is 1.07 bits per heavy atom. The molecular weight excluding hydrogens is 498 g/mol. The summed E-state index contributed by atoms with van der Waals surface area (Å²) in [5, 5.41) is 32.9. The average molecular weight is 564 g/mol. The molecule has 0 bridgehead atoms. The average Bonchev–Trinajstić information content (AvgIpc) is 2.94. The molecule has 0 aliphatic carbocycles. The van der Waals surface area contributed by atoms with Gasteiger partial charge in [0.2, 0.25) is 5.91 Å². The topological polar surface area (TPSA) is 89.8 Å². The van der Waals surface area contributed by atoms with Gasteiger partial charge < -0.3 is 20.6 Å². The first-order valence-electron chi connectivity index (χ1n) is 16.8. The second-order valence-electron chi connectivity index (χ2n) is 11.4. The van der Waals surface area contributed by atoms with E-state index in [4.69, 9.17) is 0 Å². The molecule has 0 aliphatic heterocycles. The largest absolute Gasteiger partial charge is 0.394 e. The van der Waals surface area contributed by atoms with Gasteiger partial charge in [-0.2, -0.15) is 0 Å². The highest BCUT2D eigenvalue weighted by molar-refractivity contribution is 5.76. The minimum atomic E-state index is -0.954. The first-order valence-corrected chi connectivity index (χ1v) is 16.8. The second kappa shape index (κ2) is 30.5. The Labute approximate surface area is 247 Å². The van der Waals surface area contributed by atoms with E-state index in [9.17, 15) is 20.1 Å². The summed E-state index contributed by atoms with van der Waals surface area (Å²) < 4.78 is 0. The Morgan fingerprint density at radius 1 is 0.625 bits per heavy atom. The third kappa shape index (κ3) is 26.8. The van der Waals surface area contributed by atoms with Crippen LogP contribution in [0.15, 0.2) is 36.5 Å². The highest BCUT2D eigenvalue weighted by Crippen LogP contribution is 2.13. The lowest BCUT2D eigenvalue weighted by Gasteiger charge is -2.21. The number of aliphatic hydroxyl groups excluding tert-OH is 3. The van der Waals surface area contributed by atoms with Crippen LogP contribution in [-0.4, -0.2) is 46.1 Å². The van der Waals surface area contributed by atoms with Crippen molar-refractivity contribution in [3.8, 4) is 0 Å². The smallest absolute Gasteiger partial charge is 0.222 e. The SMILES string of the molecule is CCCCCC/C=C/CC/C=C/CC/C=C/C(O)C(CO)NC(=O)CC(O)CCCCCCCCCCCCC. The maximum atomic E-state index is 12.3. The van der Waals surface area contributed by atoms with Crippen LogP contribution < -0.4 is 5.32 Å². The molecular formula is C35H65NO4. The van der Waals surface area contributed by atoms with Crippen molar-refractivity contribution >= 4 is 5.91 Å². The van der Waals surface area contributed by atoms with Crippen LogP contribution in [0.1, 0.15) is 155 Å². The lowest BCUT2D eigenvalue weighted by Crippen LogP contribution is -2.45. The molecule has 0 aromatic rings. The predicted octanol–water partition coefficient (Wildman–Crippen LogP) is 8.48. The lowest BCUT2D eigenvalue weighted by atomic mass is 10.0. The van der Waals surface area contributed by atoms with E-state index in [0.717, 1.165) is 38.5 Å². The molecule has 0 saturated carbocycles. The lowest BCUT2D eigenvalue weighted by molar-refractivity contribution is -0.124. The van der Waals surface area contributed by atoms with E-state index in [1.54, 1.807) is 6.08 Å². The van der Waals surface area contributed by atoms with Crippen LogP contribution in [-0.2, 0) is 4.79 Å². The van der Waals surface area contributed by atoms with Crippen molar-refractivity contribution in [3.63, 3.8) is 0 Å². The number of hydrogen-bond donors (Lipinski definition) is 4. The van der Waals surface area contributed by atoms with Gasteiger partial charge in [0, 0.05) is 0 Å². The zero-order valence-corrected chi connectivity index (χ0v) is 26.2. The monoisotopic (exact) mass is 563 g/mol. The second-order valence-corrected chi connectivity index (χ2v) is 11.4. The third-order valence-electron chi connectivity index (χ3n) is 7.41. The van der Waals surface area contributed by atoms with Crippen molar-refractivity contribution in [1.29, 1.82) is 0 Å². The van der Waals surface area contributed by atoms with Crippen molar-refractivity contribution in [3.05, 3.63) is 36.5 Å². The quantitative estimate of drug-likeness (QED) is 0.0543. The maximum Gasteiger partial charge on any atom is 0.222 e. The van der Waals surface area contributed by atoms with Crippen LogP contribution in [0.5, 0.6) is 0 Å². The summed E-state index contributed by atoms with van der Waals surface area (Å²) in [6, 6.07) is -0.762. The molecule has 0 aliphatic rings. The Kier molecular flexibility index (Phi) is 29.4. The van der Waals surface area contributed by atoms with Crippen molar-refractivity contribution < 1.29 is 20.1 Å². The fraction of sp³-hybridized carbons (Fsp3) is 0.800. The summed E-state index contributed by atoms with van der Waals surface area (Å²) in [4.78, 5) is 12.3. The molecule has 0 rings (SSSR count). The molecule has 0 spiro atoms. The predicted molar refractivity (Wildman–Crippen MR) is 171 cm³/mol. The summed E-state index contributed by atoms with van der Waals surface area (Å²) in [6.45, 7) is 4.13. The zero-order valence-electron chi connectivity index (χ0n) is 26.2. The van der Waals surface area contributed by atoms with Crippen LogP contribution >= 0.6 is 0 Å². The highest BCUT2D eigenvalue weighted by atomic mass is 16.3. The van der Waals surface area contributed by atoms with E-state index in [2.05, 4.69) is 43.5 Å². The highest BCUT2D eigenvalue weighted by Gasteiger charge is 2.20. The van der Waals surface area contributed by atoms with Gasteiger partial charge in [0.15, 0.2) is 0 Å². The summed E-state index contributed by atoms with van der Waals surface area (Å²) in [5.41, 5.74) is 0. The molecule has 234 valence electrons. The van der Waals surface area contributed by atoms with Gasteiger partial charge in [0.1, 0.15) is 0 Å². The molecule has 1 amide bonds. The van der Waals surface area contributed by atoms with Crippen molar-refractivity contribution in [2.45, 2.75) is 173 Å². The van der Waals surface area contributed by atoms with Gasteiger partial charge in [-0.15, -0.1) is 0 Å². The van der Waals surface area contributed by atoms with Crippen LogP contribution in [0, 0.1) is 0 Å². The molecule has 4 N–H and O–H groups in total. The maximum absolute atomic E-state index is 12.3. The standard InChI is InChI=1S/C35H65NO4/c1-3-5-7-9-11-13-15-16-17-19-21-23-25-27-29-34(39)33(31-37)36-35(40)30-32(38)28-26-24-22-20-18-14-12-10-8-6-4-2/h13,15,19,21,27,29,32-34,37-39H,3-12,14,16-18,20,22-26,28,30-31H2,1-2H3,(H,36,40)/b15-13+,21-19+,29-27+. The fourth-order valence-electron chi connectivity index (χ4n) is 4.78. The first-order chi connectivity index (χ1) is 19.5. The van der Waals surface area contributed by atoms with Gasteiger partial charge in [0.25, 0.3) is 0 Å². The van der Waals surface area contributed by atoms with Crippen LogP contribution in [0.25, 0.3) is 0 Å². The number of carbonyl (C=O) groups excluding carboxylic acids is 1. The van der Waals surface area contributed by atoms with Crippen molar-refractivity contribution in [1.82, 2.24) is 5.32 Å². The molecule has 5 heteroatoms. The number of allylic oxidation sites excluding steroid dienone is 5. The number of hydrogen-bond acceptors (Lipinski definition) is 4. The van der Waals surface area contributed by atoms with Gasteiger partial charge >= 0.3 is 0 Å². The molecule has 3 unspecified atom stereocenters. The number of carbonyl (C=O) groups is 1. The van der Waals surface area contributed by atoms with E-state index >= 15 is 0 Å². The normalized spacial score (nSPS) is 14.4. The number of amides is 1. The number of aliphatic hydroxyl groups is 3. The Morgan fingerprint density at radius 3 is 1.60 bits per heavy atom. The van der Waals surface area contributed by atoms with Gasteiger partial charge in [-0.05, 0) is 44.9 Å². The molecule has 5 nitrogen and oxygen atoms in total. The minimum Gasteiger partial charge on any atom is -0.394 e. The van der Waals surface area contributed by atoms with E-state index in [0.29, 0.717) is 6.42 Å². The third-order valence-corrected chi connectivity index (χ3v) is 7.41. The molecule has 0 fully saturated rings.